The number of carbonyl (C=O) groups excluding carboxylic acids is 3. The Morgan fingerprint density at radius 2 is 1.46 bits per heavy atom. The number of benzene rings is 2. The van der Waals surface area contributed by atoms with E-state index in [1.54, 1.807) is 25.3 Å². The molecule has 0 radical (unpaired) electrons. The van der Waals surface area contributed by atoms with Gasteiger partial charge in [-0.05, 0) is 42.3 Å². The van der Waals surface area contributed by atoms with Crippen LogP contribution in [0.25, 0.3) is 0 Å². The molecule has 0 fully saturated rings. The van der Waals surface area contributed by atoms with E-state index in [9.17, 15) is 14.4 Å². The average molecular weight is 383 g/mol. The Hall–Kier alpha value is -3.35. The highest BCUT2D eigenvalue weighted by atomic mass is 16.5. The first-order valence-corrected chi connectivity index (χ1v) is 8.97. The van der Waals surface area contributed by atoms with E-state index < -0.39 is 0 Å². The summed E-state index contributed by atoms with van der Waals surface area (Å²) in [5.41, 5.74) is 2.15. The van der Waals surface area contributed by atoms with Crippen LogP contribution in [0.3, 0.4) is 0 Å². The van der Waals surface area contributed by atoms with Crippen LogP contribution in [0.4, 0.5) is 11.4 Å². The quantitative estimate of drug-likeness (QED) is 0.682. The lowest BCUT2D eigenvalue weighted by Gasteiger charge is -2.19. The Morgan fingerprint density at radius 3 is 1.89 bits per heavy atom. The van der Waals surface area contributed by atoms with Gasteiger partial charge in [0.2, 0.25) is 11.8 Å². The van der Waals surface area contributed by atoms with E-state index in [4.69, 9.17) is 4.74 Å². The van der Waals surface area contributed by atoms with Gasteiger partial charge in [0.05, 0.1) is 13.2 Å². The zero-order valence-electron chi connectivity index (χ0n) is 16.5. The number of hydrogen-bond donors (Lipinski definition) is 3. The van der Waals surface area contributed by atoms with E-state index in [0.29, 0.717) is 23.4 Å². The molecular formula is C21H25N3O4. The zero-order valence-corrected chi connectivity index (χ0v) is 16.5. The second kappa shape index (κ2) is 9.55. The first-order chi connectivity index (χ1) is 13.3. The van der Waals surface area contributed by atoms with Gasteiger partial charge in [0.15, 0.2) is 0 Å². The maximum absolute atomic E-state index is 12.8. The molecule has 0 aromatic heterocycles. The summed E-state index contributed by atoms with van der Waals surface area (Å²) in [7, 11) is 1.60. The van der Waals surface area contributed by atoms with Crippen molar-refractivity contribution in [1.29, 1.82) is 0 Å². The van der Waals surface area contributed by atoms with Crippen LogP contribution in [0.1, 0.15) is 49.2 Å². The molecule has 0 bridgehead atoms. The molecule has 2 aromatic rings. The van der Waals surface area contributed by atoms with Crippen LogP contribution in [0.2, 0.25) is 0 Å². The third-order valence-corrected chi connectivity index (χ3v) is 4.07. The maximum Gasteiger partial charge on any atom is 0.251 e. The van der Waals surface area contributed by atoms with Gasteiger partial charge in [-0.25, -0.2) is 0 Å². The number of anilines is 2. The van der Waals surface area contributed by atoms with E-state index >= 15 is 0 Å². The fourth-order valence-electron chi connectivity index (χ4n) is 2.81. The number of methoxy groups -OCH3 is 1. The second-order valence-corrected chi connectivity index (χ2v) is 6.37. The molecule has 0 aliphatic carbocycles. The van der Waals surface area contributed by atoms with Crippen LogP contribution in [0.15, 0.2) is 42.5 Å². The van der Waals surface area contributed by atoms with Crippen LogP contribution in [0, 0.1) is 0 Å². The number of rotatable bonds is 7. The molecule has 0 saturated carbocycles. The maximum atomic E-state index is 12.8. The van der Waals surface area contributed by atoms with Gasteiger partial charge in [-0.2, -0.15) is 0 Å². The molecule has 1 unspecified atom stereocenters. The lowest BCUT2D eigenvalue weighted by molar-refractivity contribution is -0.115. The minimum Gasteiger partial charge on any atom is -0.497 e. The molecule has 7 nitrogen and oxygen atoms in total. The smallest absolute Gasteiger partial charge is 0.251 e. The second-order valence-electron chi connectivity index (χ2n) is 6.37. The Bertz CT molecular complexity index is 828. The monoisotopic (exact) mass is 383 g/mol. The lowest BCUT2D eigenvalue weighted by atomic mass is 10.0. The predicted molar refractivity (Wildman–Crippen MR) is 109 cm³/mol. The molecule has 148 valence electrons. The Labute approximate surface area is 164 Å². The van der Waals surface area contributed by atoms with Crippen LogP contribution in [0.5, 0.6) is 5.75 Å². The molecular weight excluding hydrogens is 358 g/mol. The summed E-state index contributed by atoms with van der Waals surface area (Å²) in [5, 5.41) is 8.28. The van der Waals surface area contributed by atoms with Gasteiger partial charge in [0.25, 0.3) is 5.91 Å². The topological polar surface area (TPSA) is 96.5 Å². The van der Waals surface area contributed by atoms with Crippen molar-refractivity contribution in [2.75, 3.05) is 17.7 Å². The van der Waals surface area contributed by atoms with Crippen molar-refractivity contribution in [1.82, 2.24) is 5.32 Å². The third-order valence-electron chi connectivity index (χ3n) is 4.07. The molecule has 0 spiro atoms. The van der Waals surface area contributed by atoms with E-state index in [1.807, 2.05) is 31.2 Å². The minimum absolute atomic E-state index is 0.188. The Kier molecular flexibility index (Phi) is 7.14. The Morgan fingerprint density at radius 1 is 0.929 bits per heavy atom. The number of ether oxygens (including phenoxy) is 1. The largest absolute Gasteiger partial charge is 0.497 e. The molecule has 3 N–H and O–H groups in total. The number of carbonyl (C=O) groups is 3. The fourth-order valence-corrected chi connectivity index (χ4v) is 2.81. The Balaban J connectivity index is 2.26. The van der Waals surface area contributed by atoms with Gasteiger partial charge in [0.1, 0.15) is 5.75 Å². The predicted octanol–water partition coefficient (Wildman–Crippen LogP) is 3.49. The highest BCUT2D eigenvalue weighted by molar-refractivity contribution is 6.00. The van der Waals surface area contributed by atoms with E-state index in [2.05, 4.69) is 16.0 Å². The molecule has 0 aliphatic rings. The highest BCUT2D eigenvalue weighted by Gasteiger charge is 2.16. The summed E-state index contributed by atoms with van der Waals surface area (Å²) < 4.78 is 5.17. The van der Waals surface area contributed by atoms with Gasteiger partial charge in [-0.3, -0.25) is 14.4 Å². The van der Waals surface area contributed by atoms with Crippen molar-refractivity contribution in [2.45, 2.75) is 33.2 Å². The number of amides is 3. The molecule has 3 amide bonds. The summed E-state index contributed by atoms with van der Waals surface area (Å²) in [6.07, 6.45) is 0.696. The normalized spacial score (nSPS) is 11.3. The molecule has 2 aromatic carbocycles. The summed E-state index contributed by atoms with van der Waals surface area (Å²) in [6, 6.07) is 12.1. The van der Waals surface area contributed by atoms with Gasteiger partial charge in [-0.1, -0.05) is 19.1 Å². The number of hydrogen-bond acceptors (Lipinski definition) is 4. The van der Waals surface area contributed by atoms with Gasteiger partial charge in [0, 0.05) is 30.8 Å². The zero-order chi connectivity index (χ0) is 20.7. The minimum atomic E-state index is -0.304. The van der Waals surface area contributed by atoms with E-state index in [1.165, 1.54) is 13.8 Å². The van der Waals surface area contributed by atoms with Crippen LogP contribution < -0.4 is 20.7 Å². The van der Waals surface area contributed by atoms with Crippen molar-refractivity contribution in [3.63, 3.8) is 0 Å². The van der Waals surface area contributed by atoms with Crippen LogP contribution >= 0.6 is 0 Å². The lowest BCUT2D eigenvalue weighted by Crippen LogP contribution is -2.28. The van der Waals surface area contributed by atoms with Gasteiger partial charge in [-0.15, -0.1) is 0 Å². The first-order valence-electron chi connectivity index (χ1n) is 8.97. The SMILES string of the molecule is CCC(NC(=O)c1cc(NC(C)=O)cc(NC(C)=O)c1)c1ccc(OC)cc1. The molecule has 0 saturated heterocycles. The molecule has 2 rings (SSSR count). The molecule has 7 heteroatoms. The molecule has 1 atom stereocenters. The molecule has 0 aliphatic heterocycles. The van der Waals surface area contributed by atoms with E-state index in [0.717, 1.165) is 11.3 Å². The summed E-state index contributed by atoms with van der Waals surface area (Å²) >= 11 is 0. The highest BCUT2D eigenvalue weighted by Crippen LogP contribution is 2.23. The summed E-state index contributed by atoms with van der Waals surface area (Å²) in [5.74, 6) is -0.0960. The third kappa shape index (κ3) is 5.84. The van der Waals surface area contributed by atoms with Crippen molar-refractivity contribution in [3.8, 4) is 5.75 Å². The number of nitrogens with one attached hydrogen (secondary N) is 3. The van der Waals surface area contributed by atoms with Gasteiger partial charge >= 0.3 is 0 Å². The van der Waals surface area contributed by atoms with Crippen molar-refractivity contribution >= 4 is 29.1 Å². The fraction of sp³-hybridized carbons (Fsp3) is 0.286. The molecule has 0 heterocycles. The van der Waals surface area contributed by atoms with Gasteiger partial charge < -0.3 is 20.7 Å². The van der Waals surface area contributed by atoms with Crippen LogP contribution in [-0.2, 0) is 9.59 Å². The summed E-state index contributed by atoms with van der Waals surface area (Å²) in [4.78, 5) is 35.6. The standard InChI is InChI=1S/C21H25N3O4/c1-5-20(15-6-8-19(28-4)9-7-15)24-21(27)16-10-17(22-13(2)25)12-18(11-16)23-14(3)26/h6-12,20H,5H2,1-4H3,(H,22,25)(H,23,26)(H,24,27). The van der Waals surface area contributed by atoms with Crippen LogP contribution in [-0.4, -0.2) is 24.8 Å². The van der Waals surface area contributed by atoms with Crippen molar-refractivity contribution in [3.05, 3.63) is 53.6 Å². The van der Waals surface area contributed by atoms with E-state index in [-0.39, 0.29) is 23.8 Å². The first kappa shape index (κ1) is 21.0. The van der Waals surface area contributed by atoms with Crippen molar-refractivity contribution < 1.29 is 19.1 Å². The van der Waals surface area contributed by atoms with Crippen molar-refractivity contribution in [2.24, 2.45) is 0 Å². The summed E-state index contributed by atoms with van der Waals surface area (Å²) in [6.45, 7) is 4.73. The average Bonchev–Trinajstić information content (AvgIpc) is 2.64. The molecule has 28 heavy (non-hydrogen) atoms.